The van der Waals surface area contributed by atoms with E-state index in [2.05, 4.69) is 40.3 Å². The van der Waals surface area contributed by atoms with E-state index in [4.69, 9.17) is 11.6 Å². The summed E-state index contributed by atoms with van der Waals surface area (Å²) in [6.07, 6.45) is 1.01. The van der Waals surface area contributed by atoms with Gasteiger partial charge in [-0.2, -0.15) is 0 Å². The normalized spacial score (nSPS) is 20.7. The van der Waals surface area contributed by atoms with E-state index in [9.17, 15) is 0 Å². The van der Waals surface area contributed by atoms with Crippen molar-refractivity contribution in [1.82, 2.24) is 0 Å². The zero-order valence-corrected chi connectivity index (χ0v) is 9.74. The lowest BCUT2D eigenvalue weighted by molar-refractivity contribution is 0.800. The predicted molar refractivity (Wildman–Crippen MR) is 60.6 cm³/mol. The molecule has 70 valence electrons. The monoisotopic (exact) mass is 259 g/mol. The summed E-state index contributed by atoms with van der Waals surface area (Å²) in [6.45, 7) is 3.05. The fourth-order valence-corrected chi connectivity index (χ4v) is 2.24. The molecular weight excluding hydrogens is 249 g/mol. The van der Waals surface area contributed by atoms with Crippen LogP contribution in [-0.2, 0) is 0 Å². The van der Waals surface area contributed by atoms with E-state index in [1.165, 1.54) is 16.8 Å². The molecule has 3 heteroatoms. The van der Waals surface area contributed by atoms with Crippen molar-refractivity contribution in [2.45, 2.75) is 18.7 Å². The van der Waals surface area contributed by atoms with Gasteiger partial charge in [0.25, 0.3) is 0 Å². The molecule has 1 aliphatic heterocycles. The quantitative estimate of drug-likeness (QED) is 0.699. The Morgan fingerprint density at radius 3 is 3.08 bits per heavy atom. The number of fused-ring (bicyclic) bond motifs is 1. The molecule has 0 aromatic heterocycles. The first-order valence-electron chi connectivity index (χ1n) is 4.36. The van der Waals surface area contributed by atoms with E-state index in [0.29, 0.717) is 0 Å². The Hall–Kier alpha value is -0.210. The van der Waals surface area contributed by atoms with E-state index in [0.717, 1.165) is 17.4 Å². The largest absolute Gasteiger partial charge is 0.385 e. The van der Waals surface area contributed by atoms with Crippen LogP contribution in [0.5, 0.6) is 0 Å². The maximum absolute atomic E-state index is 6.22. The summed E-state index contributed by atoms with van der Waals surface area (Å²) >= 11 is 9.73. The first kappa shape index (κ1) is 9.35. The SMILES string of the molecule is Cc1cc2c(cc1Br)NCCC2Cl. The van der Waals surface area contributed by atoms with Gasteiger partial charge in [-0.25, -0.2) is 0 Å². The number of hydrogen-bond acceptors (Lipinski definition) is 1. The minimum Gasteiger partial charge on any atom is -0.385 e. The number of nitrogens with one attached hydrogen (secondary N) is 1. The second kappa shape index (κ2) is 3.50. The summed E-state index contributed by atoms with van der Waals surface area (Å²) in [5.41, 5.74) is 3.64. The summed E-state index contributed by atoms with van der Waals surface area (Å²) in [4.78, 5) is 0. The van der Waals surface area contributed by atoms with Crippen molar-refractivity contribution in [3.05, 3.63) is 27.7 Å². The fourth-order valence-electron chi connectivity index (χ4n) is 1.61. The van der Waals surface area contributed by atoms with Crippen LogP contribution >= 0.6 is 27.5 Å². The number of rotatable bonds is 0. The first-order valence-corrected chi connectivity index (χ1v) is 5.59. The van der Waals surface area contributed by atoms with Crippen molar-refractivity contribution in [3.63, 3.8) is 0 Å². The van der Waals surface area contributed by atoms with E-state index in [1.54, 1.807) is 0 Å². The molecule has 1 N–H and O–H groups in total. The Bertz CT molecular complexity index is 338. The molecule has 0 fully saturated rings. The Balaban J connectivity index is 2.52. The molecule has 2 rings (SSSR count). The van der Waals surface area contributed by atoms with Crippen molar-refractivity contribution < 1.29 is 0 Å². The van der Waals surface area contributed by atoms with Gasteiger partial charge in [-0.1, -0.05) is 22.0 Å². The van der Waals surface area contributed by atoms with Crippen molar-refractivity contribution >= 4 is 33.2 Å². The number of halogens is 2. The van der Waals surface area contributed by atoms with Crippen LogP contribution in [0.2, 0.25) is 0 Å². The third kappa shape index (κ3) is 1.70. The summed E-state index contributed by atoms with van der Waals surface area (Å²) in [6, 6.07) is 4.27. The summed E-state index contributed by atoms with van der Waals surface area (Å²) in [7, 11) is 0. The van der Waals surface area contributed by atoms with Crippen molar-refractivity contribution in [2.75, 3.05) is 11.9 Å². The number of anilines is 1. The van der Waals surface area contributed by atoms with Crippen LogP contribution < -0.4 is 5.32 Å². The molecule has 1 aromatic rings. The van der Waals surface area contributed by atoms with Crippen LogP contribution in [0.3, 0.4) is 0 Å². The molecule has 0 amide bonds. The molecular formula is C10H11BrClN. The highest BCUT2D eigenvalue weighted by atomic mass is 79.9. The average Bonchev–Trinajstić information content (AvgIpc) is 2.09. The highest BCUT2D eigenvalue weighted by molar-refractivity contribution is 9.10. The molecule has 1 nitrogen and oxygen atoms in total. The molecule has 1 aliphatic rings. The molecule has 0 spiro atoms. The van der Waals surface area contributed by atoms with Gasteiger partial charge < -0.3 is 5.32 Å². The smallest absolute Gasteiger partial charge is 0.0622 e. The number of benzene rings is 1. The number of hydrogen-bond donors (Lipinski definition) is 1. The molecule has 0 saturated heterocycles. The molecule has 1 atom stereocenters. The molecule has 1 aromatic carbocycles. The van der Waals surface area contributed by atoms with E-state index >= 15 is 0 Å². The van der Waals surface area contributed by atoms with E-state index in [-0.39, 0.29) is 5.38 Å². The summed E-state index contributed by atoms with van der Waals surface area (Å²) in [5, 5.41) is 3.52. The van der Waals surface area contributed by atoms with Gasteiger partial charge in [0, 0.05) is 16.7 Å². The maximum atomic E-state index is 6.22. The van der Waals surface area contributed by atoms with Gasteiger partial charge >= 0.3 is 0 Å². The van der Waals surface area contributed by atoms with E-state index in [1.807, 2.05) is 0 Å². The first-order chi connectivity index (χ1) is 6.18. The van der Waals surface area contributed by atoms with Gasteiger partial charge in [-0.15, -0.1) is 11.6 Å². The van der Waals surface area contributed by atoms with Crippen LogP contribution in [0.1, 0.15) is 22.9 Å². The van der Waals surface area contributed by atoms with Crippen LogP contribution in [0.15, 0.2) is 16.6 Å². The number of aryl methyl sites for hydroxylation is 1. The minimum absolute atomic E-state index is 0.169. The Labute approximate surface area is 91.6 Å². The number of alkyl halides is 1. The van der Waals surface area contributed by atoms with Crippen LogP contribution in [0, 0.1) is 6.92 Å². The van der Waals surface area contributed by atoms with Gasteiger partial charge in [0.15, 0.2) is 0 Å². The maximum Gasteiger partial charge on any atom is 0.0622 e. The lowest BCUT2D eigenvalue weighted by Crippen LogP contribution is -2.13. The molecule has 0 saturated carbocycles. The highest BCUT2D eigenvalue weighted by Crippen LogP contribution is 2.37. The third-order valence-electron chi connectivity index (χ3n) is 2.38. The standard InChI is InChI=1S/C10H11BrClN/c1-6-4-7-9(12)2-3-13-10(7)5-8(6)11/h4-5,9,13H,2-3H2,1H3. The highest BCUT2D eigenvalue weighted by Gasteiger charge is 2.18. The second-order valence-corrected chi connectivity index (χ2v) is 4.75. The molecule has 0 aliphatic carbocycles. The van der Waals surface area contributed by atoms with Gasteiger partial charge in [0.05, 0.1) is 5.38 Å². The summed E-state index contributed by atoms with van der Waals surface area (Å²) in [5.74, 6) is 0. The average molecular weight is 261 g/mol. The van der Waals surface area contributed by atoms with Crippen molar-refractivity contribution in [2.24, 2.45) is 0 Å². The Morgan fingerprint density at radius 2 is 2.31 bits per heavy atom. The van der Waals surface area contributed by atoms with Gasteiger partial charge in [0.2, 0.25) is 0 Å². The molecule has 13 heavy (non-hydrogen) atoms. The van der Waals surface area contributed by atoms with Crippen LogP contribution in [0.4, 0.5) is 5.69 Å². The molecule has 1 heterocycles. The molecule has 1 unspecified atom stereocenters. The van der Waals surface area contributed by atoms with E-state index < -0.39 is 0 Å². The minimum atomic E-state index is 0.169. The second-order valence-electron chi connectivity index (χ2n) is 3.37. The zero-order valence-electron chi connectivity index (χ0n) is 7.40. The van der Waals surface area contributed by atoms with Crippen LogP contribution in [0.25, 0.3) is 0 Å². The van der Waals surface area contributed by atoms with Crippen molar-refractivity contribution in [3.8, 4) is 0 Å². The Kier molecular flexibility index (Phi) is 2.52. The van der Waals surface area contributed by atoms with Gasteiger partial charge in [0.1, 0.15) is 0 Å². The topological polar surface area (TPSA) is 12.0 Å². The van der Waals surface area contributed by atoms with Crippen LogP contribution in [-0.4, -0.2) is 6.54 Å². The lowest BCUT2D eigenvalue weighted by atomic mass is 10.0. The fraction of sp³-hybridized carbons (Fsp3) is 0.400. The molecule has 0 bridgehead atoms. The lowest BCUT2D eigenvalue weighted by Gasteiger charge is -2.23. The van der Waals surface area contributed by atoms with Crippen molar-refractivity contribution in [1.29, 1.82) is 0 Å². The molecule has 0 radical (unpaired) electrons. The van der Waals surface area contributed by atoms with Gasteiger partial charge in [-0.3, -0.25) is 0 Å². The summed E-state index contributed by atoms with van der Waals surface area (Å²) < 4.78 is 1.14. The predicted octanol–water partition coefficient (Wildman–Crippen LogP) is 3.85. The Morgan fingerprint density at radius 1 is 1.54 bits per heavy atom. The third-order valence-corrected chi connectivity index (χ3v) is 3.69. The zero-order chi connectivity index (χ0) is 9.42. The van der Waals surface area contributed by atoms with Gasteiger partial charge in [-0.05, 0) is 30.5 Å².